The number of methoxy groups -OCH3 is 2. The Morgan fingerprint density at radius 3 is 1.17 bits per heavy atom. The van der Waals surface area contributed by atoms with Gasteiger partial charge in [-0.1, -0.05) is 115 Å². The van der Waals surface area contributed by atoms with E-state index in [4.69, 9.17) is 19.7 Å². The Kier molecular flexibility index (Phi) is 26.8. The Balaban J connectivity index is 0.000000427. The molecule has 4 fully saturated rings. The third kappa shape index (κ3) is 23.5. The van der Waals surface area contributed by atoms with Gasteiger partial charge < -0.3 is 34.7 Å². The number of carboxylic acids is 1. The molecule has 4 aliphatic carbocycles. The number of nitrogens with two attached hydrogens (primary N) is 1. The number of carboxylic acid groups (broad SMARTS) is 1. The van der Waals surface area contributed by atoms with E-state index in [-0.39, 0.29) is 30.2 Å². The van der Waals surface area contributed by atoms with Gasteiger partial charge in [-0.25, -0.2) is 36.4 Å². The van der Waals surface area contributed by atoms with Crippen LogP contribution in [-0.2, 0) is 58.2 Å². The van der Waals surface area contributed by atoms with Crippen LogP contribution in [0.1, 0.15) is 221 Å². The molecule has 3 amide bonds. The first kappa shape index (κ1) is 66.9. The van der Waals surface area contributed by atoms with Gasteiger partial charge in [0.2, 0.25) is 20.0 Å². The van der Waals surface area contributed by atoms with Gasteiger partial charge in [0.25, 0.3) is 5.91 Å². The molecular weight excluding hydrogens is 1010 g/mol. The number of amides is 3. The largest absolute Gasteiger partial charge is 0.479 e. The molecule has 21 heteroatoms. The summed E-state index contributed by atoms with van der Waals surface area (Å²) in [6.07, 6.45) is 26.4. The van der Waals surface area contributed by atoms with E-state index in [1.165, 1.54) is 52.4 Å². The number of unbranched alkanes of at least 4 members (excludes halogenated alkanes) is 16. The number of ether oxygens (including phenoxy) is 4. The van der Waals surface area contributed by atoms with E-state index in [0.29, 0.717) is 38.5 Å². The lowest BCUT2D eigenvalue weighted by molar-refractivity contribution is -0.141. The fourth-order valence-corrected chi connectivity index (χ4v) is 11.9. The van der Waals surface area contributed by atoms with E-state index in [0.717, 1.165) is 103 Å². The van der Waals surface area contributed by atoms with Crippen LogP contribution in [0.25, 0.3) is 0 Å². The number of hydrogen-bond donors (Lipinski definition) is 5. The number of aliphatic carboxylic acids is 1. The van der Waals surface area contributed by atoms with Crippen molar-refractivity contribution in [1.82, 2.24) is 15.4 Å². The van der Waals surface area contributed by atoms with Gasteiger partial charge in [0.15, 0.2) is 0 Å². The first-order valence-corrected chi connectivity index (χ1v) is 30.2. The first-order valence-electron chi connectivity index (χ1n) is 27.2. The van der Waals surface area contributed by atoms with Gasteiger partial charge in [-0.05, 0) is 106 Å². The Morgan fingerprint density at radius 2 is 0.880 bits per heavy atom. The topological polar surface area (TPSA) is 290 Å². The van der Waals surface area contributed by atoms with Gasteiger partial charge in [-0.15, -0.1) is 13.2 Å². The Morgan fingerprint density at radius 1 is 0.560 bits per heavy atom. The van der Waals surface area contributed by atoms with E-state index >= 15 is 0 Å². The van der Waals surface area contributed by atoms with Crippen LogP contribution < -0.4 is 20.5 Å². The second-order valence-electron chi connectivity index (χ2n) is 23.0. The second-order valence-corrected chi connectivity index (χ2v) is 27.0. The number of primary sulfonamides is 1. The quantitative estimate of drug-likeness (QED) is 0.0177. The maximum Gasteiger partial charge on any atom is 0.408 e. The van der Waals surface area contributed by atoms with Crippen molar-refractivity contribution in [3.8, 4) is 0 Å². The predicted molar refractivity (Wildman–Crippen MR) is 288 cm³/mol. The lowest BCUT2D eigenvalue weighted by Gasteiger charge is -2.24. The summed E-state index contributed by atoms with van der Waals surface area (Å²) in [5.74, 6) is -2.62. The van der Waals surface area contributed by atoms with Crippen LogP contribution in [0.15, 0.2) is 25.3 Å². The Hall–Kier alpha value is -4.24. The number of hydrogen-bond acceptors (Lipinski definition) is 14. The maximum atomic E-state index is 13.1. The molecule has 0 bridgehead atoms. The van der Waals surface area contributed by atoms with Gasteiger partial charge in [0, 0.05) is 24.7 Å². The molecule has 0 radical (unpaired) electrons. The molecule has 4 rings (SSSR count). The van der Waals surface area contributed by atoms with Crippen molar-refractivity contribution in [1.29, 1.82) is 0 Å². The third-order valence-corrected chi connectivity index (χ3v) is 18.4. The van der Waals surface area contributed by atoms with E-state index in [1.807, 2.05) is 0 Å². The van der Waals surface area contributed by atoms with Crippen LogP contribution >= 0.6 is 0 Å². The number of alkyl carbamates (subject to hydrolysis) is 2. The molecule has 4 aliphatic rings. The molecule has 0 aromatic carbocycles. The van der Waals surface area contributed by atoms with Crippen molar-refractivity contribution in [2.75, 3.05) is 14.2 Å². The highest BCUT2D eigenvalue weighted by atomic mass is 32.2. The van der Waals surface area contributed by atoms with Crippen LogP contribution in [0.3, 0.4) is 0 Å². The van der Waals surface area contributed by atoms with Gasteiger partial charge in [0.1, 0.15) is 22.3 Å². The summed E-state index contributed by atoms with van der Waals surface area (Å²) >= 11 is 0. The van der Waals surface area contributed by atoms with Crippen molar-refractivity contribution in [3.05, 3.63) is 25.3 Å². The highest BCUT2D eigenvalue weighted by Gasteiger charge is 2.63. The van der Waals surface area contributed by atoms with Gasteiger partial charge in [-0.2, -0.15) is 0 Å². The van der Waals surface area contributed by atoms with Crippen LogP contribution in [0.4, 0.5) is 9.59 Å². The van der Waals surface area contributed by atoms with Gasteiger partial charge >= 0.3 is 30.1 Å². The number of nitrogens with one attached hydrogen (secondary N) is 3. The zero-order valence-electron chi connectivity index (χ0n) is 46.6. The SMILES string of the molecule is C=C[C@@H]1C[C@]1(NC(=O)OC(C)(C)C)C(=O)NS(=O)(=O)C1(CCCCCCCCCCCC(=O)OC)CC1.C=C[C@@H]1C[C@]1(NC(=O)OC(C)(C)C)C(=O)O.COC(=O)CCCCCCCCCCCC1(S(N)(=O)=O)CC1. The average Bonchev–Trinajstić information content (AvgIpc) is 4.12. The molecule has 0 aliphatic heterocycles. The smallest absolute Gasteiger partial charge is 0.408 e. The summed E-state index contributed by atoms with van der Waals surface area (Å²) in [6.45, 7) is 17.5. The first-order chi connectivity index (χ1) is 34.9. The summed E-state index contributed by atoms with van der Waals surface area (Å²) in [4.78, 5) is 69.8. The van der Waals surface area contributed by atoms with Crippen LogP contribution in [-0.4, -0.2) is 104 Å². The van der Waals surface area contributed by atoms with E-state index in [1.54, 1.807) is 47.6 Å². The van der Waals surface area contributed by atoms with E-state index < -0.39 is 75.9 Å². The minimum atomic E-state index is -3.87. The maximum absolute atomic E-state index is 13.1. The van der Waals surface area contributed by atoms with Crippen LogP contribution in [0.2, 0.25) is 0 Å². The fraction of sp³-hybridized carbons (Fsp3) is 0.815. The molecule has 19 nitrogen and oxygen atoms in total. The standard InChI is InChI=1S/C27H46N2O7S.C16H31NO4S.C11H17NO4/c1-6-21-20-27(21,28-24(32)36-25(2,3)4)23(31)29-37(33,34)26(18-19-26)17-15-13-11-9-7-8-10-12-14-16-22(30)35-5;1-21-15(18)11-9-7-5-3-2-4-6-8-10-12-16(13-14-16)22(17,19)20;1-5-7-6-11(7,8(13)14)12-9(15)16-10(2,3)4/h6,21H,1,7-20H2,2-5H3,(H,28,32)(H,29,31);2-14H2,1H3,(H2,17,19,20);5,7H,1,6H2,2-4H3,(H,12,15)(H,13,14)/t21-,27-;;7-,11-/m1.1/s1. The molecule has 0 aromatic rings. The number of carbonyl (C=O) groups is 6. The molecule has 0 spiro atoms. The summed E-state index contributed by atoms with van der Waals surface area (Å²) in [5, 5.41) is 19.3. The monoisotopic (exact) mass is 1100 g/mol. The molecule has 0 aromatic heterocycles. The molecule has 0 saturated heterocycles. The Bertz CT molecular complexity index is 2130. The molecular formula is C54H94N4O15S2. The third-order valence-electron chi connectivity index (χ3n) is 14.3. The minimum Gasteiger partial charge on any atom is -0.479 e. The summed E-state index contributed by atoms with van der Waals surface area (Å²) in [5.41, 5.74) is -3.94. The normalized spacial score (nSPS) is 21.7. The molecule has 432 valence electrons. The summed E-state index contributed by atoms with van der Waals surface area (Å²) < 4.78 is 69.4. The van der Waals surface area contributed by atoms with Gasteiger partial charge in [-0.3, -0.25) is 19.1 Å². The molecule has 4 saturated carbocycles. The number of esters is 2. The van der Waals surface area contributed by atoms with Crippen molar-refractivity contribution >= 4 is 56.0 Å². The average molecular weight is 1100 g/mol. The summed E-state index contributed by atoms with van der Waals surface area (Å²) in [7, 11) is -4.38. The lowest BCUT2D eigenvalue weighted by Crippen LogP contribution is -2.54. The second kappa shape index (κ2) is 30.1. The van der Waals surface area contributed by atoms with E-state index in [2.05, 4.69) is 38.0 Å². The highest BCUT2D eigenvalue weighted by molar-refractivity contribution is 7.91. The van der Waals surface area contributed by atoms with Crippen LogP contribution in [0, 0.1) is 11.8 Å². The van der Waals surface area contributed by atoms with Crippen molar-refractivity contribution in [2.45, 2.75) is 253 Å². The zero-order valence-corrected chi connectivity index (χ0v) is 48.2. The lowest BCUT2D eigenvalue weighted by atomic mass is 10.0. The fourth-order valence-electron chi connectivity index (χ4n) is 9.06. The molecule has 4 atom stereocenters. The highest BCUT2D eigenvalue weighted by Crippen LogP contribution is 2.50. The number of rotatable bonds is 33. The molecule has 75 heavy (non-hydrogen) atoms. The van der Waals surface area contributed by atoms with E-state index in [9.17, 15) is 45.6 Å². The van der Waals surface area contributed by atoms with Gasteiger partial charge in [0.05, 0.1) is 23.7 Å². The Labute approximate surface area is 448 Å². The zero-order chi connectivity index (χ0) is 56.8. The van der Waals surface area contributed by atoms with Crippen molar-refractivity contribution < 1.29 is 69.7 Å². The number of carbonyl (C=O) groups excluding carboxylic acids is 5. The predicted octanol–water partition coefficient (Wildman–Crippen LogP) is 9.71. The molecule has 6 N–H and O–H groups in total. The van der Waals surface area contributed by atoms with Crippen LogP contribution in [0.5, 0.6) is 0 Å². The molecule has 0 unspecified atom stereocenters. The minimum absolute atomic E-state index is 0.118. The summed E-state index contributed by atoms with van der Waals surface area (Å²) in [6, 6.07) is 0. The van der Waals surface area contributed by atoms with Crippen molar-refractivity contribution in [2.24, 2.45) is 17.0 Å². The molecule has 0 heterocycles. The number of sulfonamides is 2. The van der Waals surface area contributed by atoms with Crippen molar-refractivity contribution in [3.63, 3.8) is 0 Å².